The summed E-state index contributed by atoms with van der Waals surface area (Å²) in [5.74, 6) is -1.25. The van der Waals surface area contributed by atoms with E-state index in [1.807, 2.05) is 19.1 Å². The fourth-order valence-corrected chi connectivity index (χ4v) is 1.37. The molecule has 0 saturated carbocycles. The van der Waals surface area contributed by atoms with Gasteiger partial charge < -0.3 is 10.4 Å². The molecule has 4 heteroatoms. The second-order valence-corrected chi connectivity index (χ2v) is 4.01. The molecular formula is C11H14ClNO2. The van der Waals surface area contributed by atoms with Crippen molar-refractivity contribution in [2.75, 3.05) is 5.32 Å². The monoisotopic (exact) mass is 227 g/mol. The molecule has 0 aromatic heterocycles. The number of hydrogen-bond donors (Lipinski definition) is 2. The summed E-state index contributed by atoms with van der Waals surface area (Å²) in [7, 11) is 0. The molecule has 1 rings (SSSR count). The summed E-state index contributed by atoms with van der Waals surface area (Å²) < 4.78 is 0. The van der Waals surface area contributed by atoms with Crippen LogP contribution in [0.2, 0.25) is 5.02 Å². The molecule has 3 nitrogen and oxygen atoms in total. The van der Waals surface area contributed by atoms with Crippen LogP contribution in [0.1, 0.15) is 13.8 Å². The number of nitrogens with one attached hydrogen (secondary N) is 1. The lowest BCUT2D eigenvalue weighted by Gasteiger charge is -2.19. The summed E-state index contributed by atoms with van der Waals surface area (Å²) in [6.07, 6.45) is 0. The van der Waals surface area contributed by atoms with Crippen LogP contribution in [0.15, 0.2) is 24.3 Å². The van der Waals surface area contributed by atoms with E-state index in [-0.39, 0.29) is 6.04 Å². The van der Waals surface area contributed by atoms with Gasteiger partial charge in [0.1, 0.15) is 0 Å². The smallest absolute Gasteiger partial charge is 0.308 e. The van der Waals surface area contributed by atoms with Crippen molar-refractivity contribution in [3.8, 4) is 0 Å². The number of carboxylic acids is 1. The summed E-state index contributed by atoms with van der Waals surface area (Å²) in [6, 6.07) is 7.09. The number of hydrogen-bond acceptors (Lipinski definition) is 2. The van der Waals surface area contributed by atoms with Crippen LogP contribution in [0.3, 0.4) is 0 Å². The Morgan fingerprint density at radius 3 is 2.67 bits per heavy atom. The highest BCUT2D eigenvalue weighted by Crippen LogP contribution is 2.17. The Kier molecular flexibility index (Phi) is 3.97. The summed E-state index contributed by atoms with van der Waals surface area (Å²) in [6.45, 7) is 3.50. The van der Waals surface area contributed by atoms with Crippen molar-refractivity contribution in [3.05, 3.63) is 29.3 Å². The number of rotatable bonds is 4. The third-order valence-corrected chi connectivity index (χ3v) is 2.59. The minimum atomic E-state index is -0.808. The molecule has 1 aromatic rings. The molecule has 0 amide bonds. The van der Waals surface area contributed by atoms with Crippen molar-refractivity contribution in [2.24, 2.45) is 5.92 Å². The molecular weight excluding hydrogens is 214 g/mol. The van der Waals surface area contributed by atoms with Crippen LogP contribution < -0.4 is 5.32 Å². The van der Waals surface area contributed by atoms with Gasteiger partial charge in [0.05, 0.1) is 5.92 Å². The molecule has 2 unspecified atom stereocenters. The molecule has 15 heavy (non-hydrogen) atoms. The highest BCUT2D eigenvalue weighted by atomic mass is 35.5. The fourth-order valence-electron chi connectivity index (χ4n) is 1.18. The number of carboxylic acid groups (broad SMARTS) is 1. The second-order valence-electron chi connectivity index (χ2n) is 3.57. The molecule has 82 valence electrons. The predicted molar refractivity (Wildman–Crippen MR) is 61.3 cm³/mol. The summed E-state index contributed by atoms with van der Waals surface area (Å²) in [5.41, 5.74) is 0.836. The van der Waals surface area contributed by atoms with E-state index in [0.717, 1.165) is 5.69 Å². The normalized spacial score (nSPS) is 14.3. The number of benzene rings is 1. The van der Waals surface area contributed by atoms with Crippen molar-refractivity contribution >= 4 is 23.3 Å². The lowest BCUT2D eigenvalue weighted by Crippen LogP contribution is -2.29. The Morgan fingerprint density at radius 1 is 1.47 bits per heavy atom. The van der Waals surface area contributed by atoms with Crippen molar-refractivity contribution in [1.82, 2.24) is 0 Å². The van der Waals surface area contributed by atoms with Gasteiger partial charge in [-0.25, -0.2) is 0 Å². The minimum Gasteiger partial charge on any atom is -0.481 e. The average molecular weight is 228 g/mol. The van der Waals surface area contributed by atoms with Crippen molar-refractivity contribution in [1.29, 1.82) is 0 Å². The summed E-state index contributed by atoms with van der Waals surface area (Å²) in [5, 5.41) is 12.6. The standard InChI is InChI=1S/C11H14ClNO2/c1-7(11(14)15)8(2)13-10-5-3-4-9(12)6-10/h3-8,13H,1-2H3,(H,14,15). The van der Waals surface area contributed by atoms with Crippen LogP contribution in [0.4, 0.5) is 5.69 Å². The molecule has 1 aromatic carbocycles. The quantitative estimate of drug-likeness (QED) is 0.832. The third-order valence-electron chi connectivity index (χ3n) is 2.36. The maximum absolute atomic E-state index is 10.7. The predicted octanol–water partition coefficient (Wildman–Crippen LogP) is 2.86. The van der Waals surface area contributed by atoms with Crippen LogP contribution in [-0.4, -0.2) is 17.1 Å². The lowest BCUT2D eigenvalue weighted by molar-refractivity contribution is -0.141. The highest BCUT2D eigenvalue weighted by Gasteiger charge is 2.18. The van der Waals surface area contributed by atoms with Gasteiger partial charge in [0.15, 0.2) is 0 Å². The zero-order chi connectivity index (χ0) is 11.4. The maximum atomic E-state index is 10.7. The van der Waals surface area contributed by atoms with Crippen LogP contribution >= 0.6 is 11.6 Å². The Morgan fingerprint density at radius 2 is 2.13 bits per heavy atom. The molecule has 0 saturated heterocycles. The van der Waals surface area contributed by atoms with Crippen LogP contribution in [-0.2, 0) is 4.79 Å². The number of carbonyl (C=O) groups is 1. The Hall–Kier alpha value is -1.22. The highest BCUT2D eigenvalue weighted by molar-refractivity contribution is 6.30. The molecule has 2 atom stereocenters. The topological polar surface area (TPSA) is 49.3 Å². The summed E-state index contributed by atoms with van der Waals surface area (Å²) in [4.78, 5) is 10.7. The first kappa shape index (κ1) is 11.9. The Labute approximate surface area is 94.1 Å². The largest absolute Gasteiger partial charge is 0.481 e. The molecule has 0 bridgehead atoms. The van der Waals surface area contributed by atoms with Gasteiger partial charge in [-0.15, -0.1) is 0 Å². The summed E-state index contributed by atoms with van der Waals surface area (Å²) >= 11 is 5.81. The van der Waals surface area contributed by atoms with E-state index in [1.54, 1.807) is 19.1 Å². The lowest BCUT2D eigenvalue weighted by atomic mass is 10.0. The van der Waals surface area contributed by atoms with Gasteiger partial charge in [0.25, 0.3) is 0 Å². The second kappa shape index (κ2) is 5.03. The van der Waals surface area contributed by atoms with Gasteiger partial charge in [-0.2, -0.15) is 0 Å². The first-order valence-corrected chi connectivity index (χ1v) is 5.13. The molecule has 0 fully saturated rings. The van der Waals surface area contributed by atoms with Gasteiger partial charge in [-0.05, 0) is 32.0 Å². The average Bonchev–Trinajstić information content (AvgIpc) is 2.16. The van der Waals surface area contributed by atoms with Crippen molar-refractivity contribution in [2.45, 2.75) is 19.9 Å². The molecule has 0 heterocycles. The van der Waals surface area contributed by atoms with E-state index in [1.165, 1.54) is 0 Å². The molecule has 2 N–H and O–H groups in total. The van der Waals surface area contributed by atoms with Gasteiger partial charge >= 0.3 is 5.97 Å². The van der Waals surface area contributed by atoms with E-state index in [2.05, 4.69) is 5.32 Å². The zero-order valence-electron chi connectivity index (χ0n) is 8.70. The Bertz CT molecular complexity index is 354. The molecule has 0 aliphatic carbocycles. The Balaban J connectivity index is 2.66. The van der Waals surface area contributed by atoms with Crippen molar-refractivity contribution in [3.63, 3.8) is 0 Å². The first-order chi connectivity index (χ1) is 7.00. The van der Waals surface area contributed by atoms with Gasteiger partial charge in [0.2, 0.25) is 0 Å². The maximum Gasteiger partial charge on any atom is 0.308 e. The van der Waals surface area contributed by atoms with E-state index in [9.17, 15) is 4.79 Å². The third kappa shape index (κ3) is 3.44. The fraction of sp³-hybridized carbons (Fsp3) is 0.364. The SMILES string of the molecule is CC(Nc1cccc(Cl)c1)C(C)C(=O)O. The molecule has 0 aliphatic rings. The molecule has 0 aliphatic heterocycles. The number of halogens is 1. The number of anilines is 1. The minimum absolute atomic E-state index is 0.138. The van der Waals surface area contributed by atoms with E-state index in [4.69, 9.17) is 16.7 Å². The molecule has 0 spiro atoms. The van der Waals surface area contributed by atoms with Gasteiger partial charge in [0, 0.05) is 16.8 Å². The molecule has 0 radical (unpaired) electrons. The van der Waals surface area contributed by atoms with Gasteiger partial charge in [-0.3, -0.25) is 4.79 Å². The van der Waals surface area contributed by atoms with E-state index in [0.29, 0.717) is 5.02 Å². The van der Waals surface area contributed by atoms with Crippen LogP contribution in [0.25, 0.3) is 0 Å². The van der Waals surface area contributed by atoms with Gasteiger partial charge in [-0.1, -0.05) is 17.7 Å². The van der Waals surface area contributed by atoms with Crippen LogP contribution in [0.5, 0.6) is 0 Å². The first-order valence-electron chi connectivity index (χ1n) is 4.75. The van der Waals surface area contributed by atoms with Crippen LogP contribution in [0, 0.1) is 5.92 Å². The van der Waals surface area contributed by atoms with E-state index >= 15 is 0 Å². The number of aliphatic carboxylic acids is 1. The zero-order valence-corrected chi connectivity index (χ0v) is 9.45. The van der Waals surface area contributed by atoms with Crippen molar-refractivity contribution < 1.29 is 9.90 Å². The van der Waals surface area contributed by atoms with E-state index < -0.39 is 11.9 Å².